The Morgan fingerprint density at radius 2 is 1.87 bits per heavy atom. The number of rotatable bonds is 6. The van der Waals surface area contributed by atoms with Crippen molar-refractivity contribution in [3.05, 3.63) is 58.8 Å². The highest BCUT2D eigenvalue weighted by Crippen LogP contribution is 2.60. The topological polar surface area (TPSA) is 114 Å². The largest absolute Gasteiger partial charge is 0.360 e. The molecule has 5 atom stereocenters. The van der Waals surface area contributed by atoms with Crippen molar-refractivity contribution in [2.75, 3.05) is 5.32 Å². The standard InChI is InChI=1S/C28H31ClN4O5/c1-16-14-20(32-37-16)31-24(34)21-22-26(36)33(15-17-8-10-18(29)11-9-17)23(28(22)13-12-27(21,2)38-28)25(35)30-19-6-4-3-5-7-19/h8-14,19,21-23H,3-7,15H2,1-2H3,(H,30,35)(H,31,32,34)/t21-,22+,23-,27+,28-/m1/s1. The number of hydrogen-bond acceptors (Lipinski definition) is 6. The number of amides is 3. The molecule has 6 rings (SSSR count). The Labute approximate surface area is 225 Å². The molecule has 0 radical (unpaired) electrons. The first kappa shape index (κ1) is 25.1. The second-order valence-electron chi connectivity index (χ2n) is 11.1. The van der Waals surface area contributed by atoms with Gasteiger partial charge in [-0.1, -0.05) is 60.3 Å². The smallest absolute Gasteiger partial charge is 0.246 e. The van der Waals surface area contributed by atoms with Gasteiger partial charge in [0.2, 0.25) is 17.7 Å². The third-order valence-corrected chi connectivity index (χ3v) is 8.68. The molecule has 0 unspecified atom stereocenters. The lowest BCUT2D eigenvalue weighted by Gasteiger charge is -2.34. The number of hydrogen-bond donors (Lipinski definition) is 2. The van der Waals surface area contributed by atoms with Crippen molar-refractivity contribution < 1.29 is 23.6 Å². The van der Waals surface area contributed by atoms with Crippen LogP contribution in [0.15, 0.2) is 47.0 Å². The molecule has 3 aliphatic heterocycles. The van der Waals surface area contributed by atoms with Crippen LogP contribution in [0.25, 0.3) is 0 Å². The van der Waals surface area contributed by atoms with E-state index in [1.54, 1.807) is 36.9 Å². The maximum atomic E-state index is 14.2. The summed E-state index contributed by atoms with van der Waals surface area (Å²) >= 11 is 6.08. The Bertz CT molecular complexity index is 1300. The van der Waals surface area contributed by atoms with E-state index in [1.807, 2.05) is 24.3 Å². The van der Waals surface area contributed by atoms with Gasteiger partial charge in [-0.15, -0.1) is 0 Å². The molecule has 1 aliphatic carbocycles. The highest BCUT2D eigenvalue weighted by atomic mass is 35.5. The predicted octanol–water partition coefficient (Wildman–Crippen LogP) is 3.76. The molecule has 200 valence electrons. The predicted molar refractivity (Wildman–Crippen MR) is 139 cm³/mol. The van der Waals surface area contributed by atoms with Crippen molar-refractivity contribution in [3.63, 3.8) is 0 Å². The molecule has 4 heterocycles. The first-order valence-electron chi connectivity index (χ1n) is 13.2. The van der Waals surface area contributed by atoms with Crippen LogP contribution in [0, 0.1) is 18.8 Å². The second-order valence-corrected chi connectivity index (χ2v) is 11.5. The zero-order valence-electron chi connectivity index (χ0n) is 21.4. The molecule has 1 aromatic heterocycles. The summed E-state index contributed by atoms with van der Waals surface area (Å²) in [4.78, 5) is 43.3. The minimum atomic E-state index is -1.25. The fourth-order valence-electron chi connectivity index (χ4n) is 6.74. The molecule has 2 aromatic rings. The Balaban J connectivity index is 1.35. The SMILES string of the molecule is Cc1cc(NC(=O)[C@H]2[C@H]3C(=O)N(Cc4ccc(Cl)cc4)[C@H](C(=O)NC4CCCCC4)[C@@]34C=C[C@]2(C)O4)no1. The quantitative estimate of drug-likeness (QED) is 0.541. The summed E-state index contributed by atoms with van der Waals surface area (Å²) in [6.07, 6.45) is 8.76. The van der Waals surface area contributed by atoms with Crippen molar-refractivity contribution in [2.24, 2.45) is 11.8 Å². The van der Waals surface area contributed by atoms with Gasteiger partial charge in [-0.3, -0.25) is 14.4 Å². The zero-order chi connectivity index (χ0) is 26.7. The molecule has 38 heavy (non-hydrogen) atoms. The van der Waals surface area contributed by atoms with Gasteiger partial charge in [-0.25, -0.2) is 0 Å². The van der Waals surface area contributed by atoms with Crippen LogP contribution < -0.4 is 10.6 Å². The zero-order valence-corrected chi connectivity index (χ0v) is 22.2. The molecule has 3 fully saturated rings. The van der Waals surface area contributed by atoms with Gasteiger partial charge in [0.05, 0.1) is 17.4 Å². The molecule has 1 aromatic carbocycles. The minimum Gasteiger partial charge on any atom is -0.360 e. The fourth-order valence-corrected chi connectivity index (χ4v) is 6.87. The average molecular weight is 539 g/mol. The third-order valence-electron chi connectivity index (χ3n) is 8.42. The lowest BCUT2D eigenvalue weighted by atomic mass is 9.70. The van der Waals surface area contributed by atoms with Gasteiger partial charge in [0.15, 0.2) is 5.82 Å². The maximum absolute atomic E-state index is 14.2. The van der Waals surface area contributed by atoms with Gasteiger partial charge in [0.1, 0.15) is 17.4 Å². The van der Waals surface area contributed by atoms with Gasteiger partial charge in [0.25, 0.3) is 0 Å². The molecule has 2 bridgehead atoms. The van der Waals surface area contributed by atoms with Crippen LogP contribution >= 0.6 is 11.6 Å². The molecule has 10 heteroatoms. The van der Waals surface area contributed by atoms with Crippen LogP contribution in [0.3, 0.4) is 0 Å². The number of likely N-dealkylation sites (tertiary alicyclic amines) is 1. The second kappa shape index (κ2) is 9.24. The van der Waals surface area contributed by atoms with E-state index >= 15 is 0 Å². The van der Waals surface area contributed by atoms with Crippen LogP contribution in [0.2, 0.25) is 5.02 Å². The lowest BCUT2D eigenvalue weighted by molar-refractivity contribution is -0.145. The Hall–Kier alpha value is -3.17. The van der Waals surface area contributed by atoms with E-state index < -0.39 is 35.0 Å². The number of nitrogens with one attached hydrogen (secondary N) is 2. The normalized spacial score (nSPS) is 32.0. The van der Waals surface area contributed by atoms with Gasteiger partial charge in [-0.2, -0.15) is 0 Å². The number of benzene rings is 1. The van der Waals surface area contributed by atoms with Gasteiger partial charge >= 0.3 is 0 Å². The number of aryl methyl sites for hydroxylation is 1. The Morgan fingerprint density at radius 3 is 2.55 bits per heavy atom. The summed E-state index contributed by atoms with van der Waals surface area (Å²) < 4.78 is 11.7. The lowest BCUT2D eigenvalue weighted by Crippen LogP contribution is -2.56. The number of nitrogens with zero attached hydrogens (tertiary/aromatic N) is 2. The van der Waals surface area contributed by atoms with E-state index in [0.717, 1.165) is 37.7 Å². The van der Waals surface area contributed by atoms with E-state index in [-0.39, 0.29) is 30.2 Å². The first-order chi connectivity index (χ1) is 18.2. The molecule has 1 spiro atoms. The van der Waals surface area contributed by atoms with Crippen LogP contribution in [-0.4, -0.2) is 51.1 Å². The number of fused-ring (bicyclic) bond motifs is 1. The molecular formula is C28H31ClN4O5. The molecule has 1 saturated carbocycles. The summed E-state index contributed by atoms with van der Waals surface area (Å²) in [7, 11) is 0. The number of carbonyl (C=O) groups excluding carboxylic acids is 3. The molecule has 2 N–H and O–H groups in total. The van der Waals surface area contributed by atoms with Gasteiger partial charge in [0, 0.05) is 23.7 Å². The van der Waals surface area contributed by atoms with Crippen molar-refractivity contribution >= 4 is 35.1 Å². The minimum absolute atomic E-state index is 0.0619. The molecule has 4 aliphatic rings. The van der Waals surface area contributed by atoms with E-state index in [2.05, 4.69) is 15.8 Å². The molecule has 2 saturated heterocycles. The summed E-state index contributed by atoms with van der Waals surface area (Å²) in [5.41, 5.74) is -1.46. The number of ether oxygens (including phenoxy) is 1. The van der Waals surface area contributed by atoms with E-state index in [1.165, 1.54) is 0 Å². The number of anilines is 1. The number of carbonyl (C=O) groups is 3. The van der Waals surface area contributed by atoms with E-state index in [0.29, 0.717) is 10.8 Å². The highest BCUT2D eigenvalue weighted by Gasteiger charge is 2.76. The highest BCUT2D eigenvalue weighted by molar-refractivity contribution is 6.30. The van der Waals surface area contributed by atoms with Gasteiger partial charge < -0.3 is 24.8 Å². The third kappa shape index (κ3) is 4.03. The van der Waals surface area contributed by atoms with Crippen molar-refractivity contribution in [3.8, 4) is 0 Å². The monoisotopic (exact) mass is 538 g/mol. The molecule has 9 nitrogen and oxygen atoms in total. The Kier molecular flexibility index (Phi) is 6.11. The van der Waals surface area contributed by atoms with Crippen LogP contribution in [0.4, 0.5) is 5.82 Å². The van der Waals surface area contributed by atoms with E-state index in [9.17, 15) is 14.4 Å². The number of halogens is 1. The van der Waals surface area contributed by atoms with Crippen LogP contribution in [0.5, 0.6) is 0 Å². The van der Waals surface area contributed by atoms with Crippen molar-refractivity contribution in [1.82, 2.24) is 15.4 Å². The summed E-state index contributed by atoms with van der Waals surface area (Å²) in [6, 6.07) is 7.95. The number of aromatic nitrogens is 1. The van der Waals surface area contributed by atoms with Crippen LogP contribution in [-0.2, 0) is 25.7 Å². The molecular weight excluding hydrogens is 508 g/mol. The summed E-state index contributed by atoms with van der Waals surface area (Å²) in [5, 5.41) is 10.4. The van der Waals surface area contributed by atoms with Crippen molar-refractivity contribution in [1.29, 1.82) is 0 Å². The Morgan fingerprint density at radius 1 is 1.13 bits per heavy atom. The van der Waals surface area contributed by atoms with Crippen LogP contribution in [0.1, 0.15) is 50.4 Å². The first-order valence-corrected chi connectivity index (χ1v) is 13.6. The summed E-state index contributed by atoms with van der Waals surface area (Å²) in [6.45, 7) is 3.72. The fraction of sp³-hybridized carbons (Fsp3) is 0.500. The summed E-state index contributed by atoms with van der Waals surface area (Å²) in [5.74, 6) is -1.82. The maximum Gasteiger partial charge on any atom is 0.246 e. The van der Waals surface area contributed by atoms with Gasteiger partial charge in [-0.05, 0) is 44.4 Å². The molecule has 3 amide bonds. The van der Waals surface area contributed by atoms with Crippen molar-refractivity contribution in [2.45, 2.75) is 75.8 Å². The average Bonchev–Trinajstić information content (AvgIpc) is 3.58. The van der Waals surface area contributed by atoms with E-state index in [4.69, 9.17) is 20.9 Å².